The lowest BCUT2D eigenvalue weighted by Crippen LogP contribution is -2.07. The molecule has 5 nitrogen and oxygen atoms in total. The van der Waals surface area contributed by atoms with Crippen LogP contribution < -0.4 is 15.4 Å². The number of methoxy groups -OCH3 is 1. The van der Waals surface area contributed by atoms with Gasteiger partial charge in [0.05, 0.1) is 12.8 Å². The SMILES string of the molecule is CCCCCNc1cc(C)nc(Nc2ccccc2OC)n1. The Morgan fingerprint density at radius 1 is 1.14 bits per heavy atom. The quantitative estimate of drug-likeness (QED) is 0.718. The van der Waals surface area contributed by atoms with Crippen molar-refractivity contribution < 1.29 is 4.74 Å². The number of para-hydroxylation sites is 2. The lowest BCUT2D eigenvalue weighted by molar-refractivity contribution is 0.417. The number of unbranched alkanes of at least 4 members (excludes halogenated alkanes) is 2. The van der Waals surface area contributed by atoms with E-state index in [0.29, 0.717) is 5.95 Å². The minimum absolute atomic E-state index is 0.572. The van der Waals surface area contributed by atoms with Crippen LogP contribution in [-0.4, -0.2) is 23.6 Å². The highest BCUT2D eigenvalue weighted by atomic mass is 16.5. The van der Waals surface area contributed by atoms with Gasteiger partial charge in [-0.05, 0) is 25.5 Å². The number of aromatic nitrogens is 2. The first kappa shape index (κ1) is 16.1. The number of hydrogen-bond donors (Lipinski definition) is 2. The minimum atomic E-state index is 0.572. The van der Waals surface area contributed by atoms with Gasteiger partial charge in [-0.1, -0.05) is 31.9 Å². The zero-order valence-corrected chi connectivity index (χ0v) is 13.5. The monoisotopic (exact) mass is 300 g/mol. The third-order valence-electron chi connectivity index (χ3n) is 3.29. The molecule has 0 amide bonds. The number of hydrogen-bond acceptors (Lipinski definition) is 5. The van der Waals surface area contributed by atoms with Gasteiger partial charge < -0.3 is 15.4 Å². The van der Waals surface area contributed by atoms with E-state index in [0.717, 1.165) is 35.9 Å². The second-order valence-corrected chi connectivity index (χ2v) is 5.18. The van der Waals surface area contributed by atoms with Gasteiger partial charge in [0.2, 0.25) is 5.95 Å². The van der Waals surface area contributed by atoms with E-state index in [-0.39, 0.29) is 0 Å². The fourth-order valence-electron chi connectivity index (χ4n) is 2.17. The van der Waals surface area contributed by atoms with Gasteiger partial charge in [0.15, 0.2) is 0 Å². The maximum absolute atomic E-state index is 5.34. The van der Waals surface area contributed by atoms with Crippen molar-refractivity contribution in [1.29, 1.82) is 0 Å². The molecule has 0 unspecified atom stereocenters. The van der Waals surface area contributed by atoms with Gasteiger partial charge in [0.25, 0.3) is 0 Å². The van der Waals surface area contributed by atoms with Crippen molar-refractivity contribution in [2.75, 3.05) is 24.3 Å². The number of benzene rings is 1. The lowest BCUT2D eigenvalue weighted by Gasteiger charge is -2.12. The van der Waals surface area contributed by atoms with Crippen LogP contribution in [0.25, 0.3) is 0 Å². The number of rotatable bonds is 8. The van der Waals surface area contributed by atoms with Crippen LogP contribution in [0.1, 0.15) is 31.9 Å². The lowest BCUT2D eigenvalue weighted by atomic mass is 10.2. The summed E-state index contributed by atoms with van der Waals surface area (Å²) in [6, 6.07) is 9.69. The van der Waals surface area contributed by atoms with E-state index in [4.69, 9.17) is 4.74 Å². The van der Waals surface area contributed by atoms with Gasteiger partial charge in [-0.3, -0.25) is 0 Å². The first-order chi connectivity index (χ1) is 10.7. The van der Waals surface area contributed by atoms with E-state index in [2.05, 4.69) is 27.5 Å². The Balaban J connectivity index is 2.09. The van der Waals surface area contributed by atoms with E-state index < -0.39 is 0 Å². The first-order valence-electron chi connectivity index (χ1n) is 7.72. The van der Waals surface area contributed by atoms with Crippen molar-refractivity contribution in [3.8, 4) is 5.75 Å². The van der Waals surface area contributed by atoms with E-state index in [1.807, 2.05) is 37.3 Å². The second kappa shape index (κ2) is 8.22. The van der Waals surface area contributed by atoms with E-state index >= 15 is 0 Å². The Labute approximate surface area is 132 Å². The Morgan fingerprint density at radius 3 is 2.73 bits per heavy atom. The molecule has 0 spiro atoms. The van der Waals surface area contributed by atoms with Crippen LogP contribution in [-0.2, 0) is 0 Å². The Hall–Kier alpha value is -2.30. The summed E-state index contributed by atoms with van der Waals surface area (Å²) in [4.78, 5) is 8.94. The van der Waals surface area contributed by atoms with Crippen molar-refractivity contribution >= 4 is 17.5 Å². The Kier molecular flexibility index (Phi) is 6.01. The fourth-order valence-corrected chi connectivity index (χ4v) is 2.17. The molecule has 22 heavy (non-hydrogen) atoms. The molecule has 0 fully saturated rings. The first-order valence-corrected chi connectivity index (χ1v) is 7.72. The maximum atomic E-state index is 5.34. The van der Waals surface area contributed by atoms with Crippen LogP contribution in [0.5, 0.6) is 5.75 Å². The Morgan fingerprint density at radius 2 is 1.95 bits per heavy atom. The second-order valence-electron chi connectivity index (χ2n) is 5.18. The summed E-state index contributed by atoms with van der Waals surface area (Å²) in [5.41, 5.74) is 1.78. The summed E-state index contributed by atoms with van der Waals surface area (Å²) >= 11 is 0. The maximum Gasteiger partial charge on any atom is 0.229 e. The largest absolute Gasteiger partial charge is 0.495 e. The van der Waals surface area contributed by atoms with Crippen LogP contribution in [0.15, 0.2) is 30.3 Å². The highest BCUT2D eigenvalue weighted by Crippen LogP contribution is 2.26. The number of ether oxygens (including phenoxy) is 1. The molecule has 0 saturated carbocycles. The van der Waals surface area contributed by atoms with Crippen LogP contribution in [0, 0.1) is 6.92 Å². The predicted molar refractivity (Wildman–Crippen MR) is 91.1 cm³/mol. The summed E-state index contributed by atoms with van der Waals surface area (Å²) in [5, 5.41) is 6.57. The summed E-state index contributed by atoms with van der Waals surface area (Å²) in [7, 11) is 1.65. The van der Waals surface area contributed by atoms with Crippen molar-refractivity contribution in [2.24, 2.45) is 0 Å². The van der Waals surface area contributed by atoms with Gasteiger partial charge in [-0.2, -0.15) is 4.98 Å². The fraction of sp³-hybridized carbons (Fsp3) is 0.412. The molecule has 1 aromatic carbocycles. The molecule has 2 aromatic rings. The standard InChI is InChI=1S/C17H24N4O/c1-4-5-8-11-18-16-12-13(2)19-17(21-16)20-14-9-6-7-10-15(14)22-3/h6-7,9-10,12H,4-5,8,11H2,1-3H3,(H2,18,19,20,21). The molecular formula is C17H24N4O. The molecule has 2 N–H and O–H groups in total. The highest BCUT2D eigenvalue weighted by molar-refractivity contribution is 5.63. The van der Waals surface area contributed by atoms with Crippen LogP contribution in [0.3, 0.4) is 0 Å². The van der Waals surface area contributed by atoms with Crippen LogP contribution >= 0.6 is 0 Å². The normalized spacial score (nSPS) is 10.3. The number of aryl methyl sites for hydroxylation is 1. The molecule has 0 atom stereocenters. The van der Waals surface area contributed by atoms with Crippen LogP contribution in [0.4, 0.5) is 17.5 Å². The van der Waals surface area contributed by atoms with Crippen molar-refractivity contribution in [3.63, 3.8) is 0 Å². The zero-order valence-electron chi connectivity index (χ0n) is 13.5. The minimum Gasteiger partial charge on any atom is -0.495 e. The van der Waals surface area contributed by atoms with Gasteiger partial charge in [0.1, 0.15) is 11.6 Å². The molecule has 0 bridgehead atoms. The third kappa shape index (κ3) is 4.62. The summed E-state index contributed by atoms with van der Waals surface area (Å²) < 4.78 is 5.34. The smallest absolute Gasteiger partial charge is 0.229 e. The average Bonchev–Trinajstić information content (AvgIpc) is 2.52. The molecule has 2 rings (SSSR count). The van der Waals surface area contributed by atoms with Crippen LogP contribution in [0.2, 0.25) is 0 Å². The molecule has 0 aliphatic rings. The predicted octanol–water partition coefficient (Wildman–Crippen LogP) is 4.14. The third-order valence-corrected chi connectivity index (χ3v) is 3.29. The van der Waals surface area contributed by atoms with Crippen molar-refractivity contribution in [3.05, 3.63) is 36.0 Å². The van der Waals surface area contributed by atoms with Crippen molar-refractivity contribution in [2.45, 2.75) is 33.1 Å². The van der Waals surface area contributed by atoms with Gasteiger partial charge >= 0.3 is 0 Å². The molecule has 0 aliphatic heterocycles. The van der Waals surface area contributed by atoms with E-state index in [9.17, 15) is 0 Å². The highest BCUT2D eigenvalue weighted by Gasteiger charge is 2.06. The molecule has 118 valence electrons. The molecule has 1 aromatic heterocycles. The van der Waals surface area contributed by atoms with Gasteiger partial charge in [0, 0.05) is 18.3 Å². The number of nitrogens with one attached hydrogen (secondary N) is 2. The molecular weight excluding hydrogens is 276 g/mol. The van der Waals surface area contributed by atoms with E-state index in [1.165, 1.54) is 12.8 Å². The van der Waals surface area contributed by atoms with Gasteiger partial charge in [-0.25, -0.2) is 4.98 Å². The zero-order chi connectivity index (χ0) is 15.8. The van der Waals surface area contributed by atoms with Gasteiger partial charge in [-0.15, -0.1) is 0 Å². The summed E-state index contributed by atoms with van der Waals surface area (Å²) in [5.74, 6) is 2.19. The molecule has 0 radical (unpaired) electrons. The topological polar surface area (TPSA) is 59.1 Å². The number of anilines is 3. The summed E-state index contributed by atoms with van der Waals surface area (Å²) in [6.07, 6.45) is 3.59. The number of nitrogens with zero attached hydrogens (tertiary/aromatic N) is 2. The Bertz CT molecular complexity index is 601. The van der Waals surface area contributed by atoms with E-state index in [1.54, 1.807) is 7.11 Å². The molecule has 0 saturated heterocycles. The molecule has 5 heteroatoms. The molecule has 1 heterocycles. The molecule has 0 aliphatic carbocycles. The van der Waals surface area contributed by atoms with Crippen molar-refractivity contribution in [1.82, 2.24) is 9.97 Å². The average molecular weight is 300 g/mol. The summed E-state index contributed by atoms with van der Waals surface area (Å²) in [6.45, 7) is 5.09.